The van der Waals surface area contributed by atoms with Crippen LogP contribution in [0.3, 0.4) is 0 Å². The third-order valence-corrected chi connectivity index (χ3v) is 3.72. The maximum Gasteiger partial charge on any atom is 0.335 e. The highest BCUT2D eigenvalue weighted by Crippen LogP contribution is 2.22. The van der Waals surface area contributed by atoms with E-state index in [4.69, 9.17) is 5.11 Å². The lowest BCUT2D eigenvalue weighted by atomic mass is 9.88. The van der Waals surface area contributed by atoms with E-state index in [1.165, 1.54) is 16.5 Å². The summed E-state index contributed by atoms with van der Waals surface area (Å²) in [6.45, 7) is 6.20. The molecular formula is C17H16N2O3. The zero-order valence-electron chi connectivity index (χ0n) is 12.6. The molecule has 3 rings (SSSR count). The van der Waals surface area contributed by atoms with Crippen LogP contribution in [0, 0.1) is 0 Å². The second-order valence-electron chi connectivity index (χ2n) is 6.35. The Labute approximate surface area is 126 Å². The topological polar surface area (TPSA) is 71.7 Å². The fraction of sp³-hybridized carbons (Fsp3) is 0.235. The summed E-state index contributed by atoms with van der Waals surface area (Å²) in [6, 6.07) is 8.17. The predicted octanol–water partition coefficient (Wildman–Crippen LogP) is 2.84. The van der Waals surface area contributed by atoms with Gasteiger partial charge in [0.15, 0.2) is 0 Å². The van der Waals surface area contributed by atoms with Gasteiger partial charge >= 0.3 is 5.97 Å². The number of rotatable bonds is 1. The van der Waals surface area contributed by atoms with Gasteiger partial charge in [-0.3, -0.25) is 9.20 Å². The van der Waals surface area contributed by atoms with Gasteiger partial charge in [-0.15, -0.1) is 0 Å². The molecule has 5 nitrogen and oxygen atoms in total. The summed E-state index contributed by atoms with van der Waals surface area (Å²) in [5.41, 5.74) is 1.79. The average Bonchev–Trinajstić information content (AvgIpc) is 2.45. The molecule has 0 fully saturated rings. The number of carboxylic acids is 1. The number of carbonyl (C=O) groups is 1. The largest absolute Gasteiger partial charge is 0.478 e. The van der Waals surface area contributed by atoms with Crippen molar-refractivity contribution in [2.45, 2.75) is 26.2 Å². The second kappa shape index (κ2) is 4.66. The van der Waals surface area contributed by atoms with Gasteiger partial charge in [0.05, 0.1) is 16.5 Å². The van der Waals surface area contributed by atoms with Crippen LogP contribution in [0.1, 0.15) is 36.7 Å². The number of fused-ring (bicyclic) bond motifs is 2. The summed E-state index contributed by atoms with van der Waals surface area (Å²) in [4.78, 5) is 28.2. The molecular weight excluding hydrogens is 280 g/mol. The normalized spacial score (nSPS) is 12.0. The molecule has 22 heavy (non-hydrogen) atoms. The first-order chi connectivity index (χ1) is 10.3. The van der Waals surface area contributed by atoms with Gasteiger partial charge in [0.25, 0.3) is 5.56 Å². The number of carboxylic acid groups (broad SMARTS) is 1. The van der Waals surface area contributed by atoms with Crippen molar-refractivity contribution in [2.24, 2.45) is 0 Å². The van der Waals surface area contributed by atoms with Crippen molar-refractivity contribution in [1.82, 2.24) is 9.38 Å². The predicted molar refractivity (Wildman–Crippen MR) is 84.6 cm³/mol. The fourth-order valence-electron chi connectivity index (χ4n) is 2.38. The van der Waals surface area contributed by atoms with E-state index in [0.29, 0.717) is 16.6 Å². The first-order valence-corrected chi connectivity index (χ1v) is 6.97. The maximum atomic E-state index is 12.7. The molecule has 0 radical (unpaired) electrons. The Kier molecular flexibility index (Phi) is 3.02. The quantitative estimate of drug-likeness (QED) is 0.701. The van der Waals surface area contributed by atoms with E-state index in [9.17, 15) is 9.59 Å². The monoisotopic (exact) mass is 296 g/mol. The molecule has 0 saturated carbocycles. The van der Waals surface area contributed by atoms with Crippen LogP contribution in [0.2, 0.25) is 0 Å². The molecule has 0 bridgehead atoms. The first-order valence-electron chi connectivity index (χ1n) is 6.97. The fourth-order valence-corrected chi connectivity index (χ4v) is 2.38. The lowest BCUT2D eigenvalue weighted by Crippen LogP contribution is -2.19. The molecule has 0 aliphatic heterocycles. The highest BCUT2D eigenvalue weighted by Gasteiger charge is 2.16. The minimum Gasteiger partial charge on any atom is -0.478 e. The van der Waals surface area contributed by atoms with Crippen molar-refractivity contribution in [3.8, 4) is 0 Å². The van der Waals surface area contributed by atoms with E-state index >= 15 is 0 Å². The van der Waals surface area contributed by atoms with E-state index in [-0.39, 0.29) is 16.5 Å². The van der Waals surface area contributed by atoms with E-state index in [0.717, 1.165) is 5.56 Å². The molecule has 0 unspecified atom stereocenters. The highest BCUT2D eigenvalue weighted by molar-refractivity contribution is 5.93. The van der Waals surface area contributed by atoms with Crippen LogP contribution >= 0.6 is 0 Å². The standard InChI is InChI=1S/C17H16N2O3/c1-17(2,3)11-5-7-14-18-13-6-4-10(16(21)22)8-12(13)15(20)19(14)9-11/h4-9H,1-3H3,(H,21,22). The van der Waals surface area contributed by atoms with E-state index in [1.54, 1.807) is 12.3 Å². The Morgan fingerprint density at radius 1 is 1.18 bits per heavy atom. The molecule has 0 aliphatic rings. The second-order valence-corrected chi connectivity index (χ2v) is 6.35. The molecule has 3 aromatic rings. The lowest BCUT2D eigenvalue weighted by molar-refractivity contribution is 0.0697. The molecule has 2 heterocycles. The minimum atomic E-state index is -1.06. The summed E-state index contributed by atoms with van der Waals surface area (Å²) >= 11 is 0. The smallest absolute Gasteiger partial charge is 0.335 e. The summed E-state index contributed by atoms with van der Waals surface area (Å²) in [7, 11) is 0. The Morgan fingerprint density at radius 3 is 2.55 bits per heavy atom. The Bertz CT molecular complexity index is 965. The van der Waals surface area contributed by atoms with Crippen molar-refractivity contribution in [1.29, 1.82) is 0 Å². The third-order valence-electron chi connectivity index (χ3n) is 3.72. The molecule has 0 spiro atoms. The van der Waals surface area contributed by atoms with Gasteiger partial charge in [0, 0.05) is 6.20 Å². The van der Waals surface area contributed by atoms with Gasteiger partial charge in [-0.1, -0.05) is 26.8 Å². The Hall–Kier alpha value is -2.69. The molecule has 2 aromatic heterocycles. The molecule has 5 heteroatoms. The van der Waals surface area contributed by atoms with Gasteiger partial charge in [-0.2, -0.15) is 0 Å². The van der Waals surface area contributed by atoms with Gasteiger partial charge < -0.3 is 5.11 Å². The maximum absolute atomic E-state index is 12.7. The van der Waals surface area contributed by atoms with Crippen molar-refractivity contribution in [2.75, 3.05) is 0 Å². The number of hydrogen-bond acceptors (Lipinski definition) is 3. The number of hydrogen-bond donors (Lipinski definition) is 1. The van der Waals surface area contributed by atoms with E-state index in [2.05, 4.69) is 25.8 Å². The molecule has 0 aliphatic carbocycles. The summed E-state index contributed by atoms with van der Waals surface area (Å²) in [5.74, 6) is -1.06. The van der Waals surface area contributed by atoms with Crippen LogP contribution in [0.25, 0.3) is 16.6 Å². The lowest BCUT2D eigenvalue weighted by Gasteiger charge is -2.19. The van der Waals surface area contributed by atoms with Crippen LogP contribution in [0.15, 0.2) is 41.3 Å². The number of aromatic nitrogens is 2. The molecule has 1 N–H and O–H groups in total. The van der Waals surface area contributed by atoms with Crippen molar-refractivity contribution >= 4 is 22.5 Å². The van der Waals surface area contributed by atoms with Crippen LogP contribution in [0.5, 0.6) is 0 Å². The molecule has 1 aromatic carbocycles. The SMILES string of the molecule is CC(C)(C)c1ccc2nc3ccc(C(=O)O)cc3c(=O)n2c1. The number of nitrogens with zero attached hydrogens (tertiary/aromatic N) is 2. The Morgan fingerprint density at radius 2 is 1.91 bits per heavy atom. The van der Waals surface area contributed by atoms with Gasteiger partial charge in [0.1, 0.15) is 5.65 Å². The molecule has 0 saturated heterocycles. The van der Waals surface area contributed by atoms with Crippen LogP contribution < -0.4 is 5.56 Å². The van der Waals surface area contributed by atoms with E-state index in [1.807, 2.05) is 12.1 Å². The summed E-state index contributed by atoms with van der Waals surface area (Å²) in [5, 5.41) is 9.38. The van der Waals surface area contributed by atoms with E-state index < -0.39 is 5.97 Å². The highest BCUT2D eigenvalue weighted by atomic mass is 16.4. The van der Waals surface area contributed by atoms with Gasteiger partial charge in [-0.25, -0.2) is 9.78 Å². The summed E-state index contributed by atoms with van der Waals surface area (Å²) in [6.07, 6.45) is 1.78. The number of benzene rings is 1. The third kappa shape index (κ3) is 2.24. The van der Waals surface area contributed by atoms with Crippen LogP contribution in [-0.4, -0.2) is 20.5 Å². The first kappa shape index (κ1) is 14.3. The van der Waals surface area contributed by atoms with Gasteiger partial charge in [-0.05, 0) is 35.2 Å². The number of pyridine rings is 1. The molecule has 0 atom stereocenters. The van der Waals surface area contributed by atoms with Crippen LogP contribution in [0.4, 0.5) is 0 Å². The molecule has 112 valence electrons. The average molecular weight is 296 g/mol. The van der Waals surface area contributed by atoms with Crippen molar-refractivity contribution in [3.63, 3.8) is 0 Å². The zero-order chi connectivity index (χ0) is 16.1. The minimum absolute atomic E-state index is 0.0818. The zero-order valence-corrected chi connectivity index (χ0v) is 12.6. The Balaban J connectivity index is 2.39. The van der Waals surface area contributed by atoms with Crippen molar-refractivity contribution < 1.29 is 9.90 Å². The van der Waals surface area contributed by atoms with Crippen LogP contribution in [-0.2, 0) is 5.41 Å². The molecule has 0 amide bonds. The summed E-state index contributed by atoms with van der Waals surface area (Å²) < 4.78 is 1.48. The van der Waals surface area contributed by atoms with Gasteiger partial charge in [0.2, 0.25) is 0 Å². The van der Waals surface area contributed by atoms with Crippen molar-refractivity contribution in [3.05, 3.63) is 58.0 Å². The number of aromatic carboxylic acids is 1.